The average molecular weight is 561 g/mol. The second kappa shape index (κ2) is 10.9. The van der Waals surface area contributed by atoms with Crippen LogP contribution < -0.4 is 4.74 Å². The number of halogens is 3. The Balaban J connectivity index is 1.26. The Hall–Kier alpha value is -2.81. The third kappa shape index (κ3) is 5.41. The topological polar surface area (TPSA) is 70.1 Å². The quantitative estimate of drug-likeness (QED) is 0.470. The number of alkyl halides is 3. The first-order valence-corrected chi connectivity index (χ1v) is 14.4. The van der Waals surface area contributed by atoms with Crippen LogP contribution in [-0.2, 0) is 22.3 Å². The average Bonchev–Trinajstić information content (AvgIpc) is 3.38. The van der Waals surface area contributed by atoms with Crippen LogP contribution in [0, 0.1) is 29.1 Å². The number of ether oxygens (including phenoxy) is 1. The first kappa shape index (κ1) is 28.7. The Labute approximate surface area is 233 Å². The molecule has 2 heterocycles. The van der Waals surface area contributed by atoms with Crippen molar-refractivity contribution in [2.75, 3.05) is 19.8 Å². The van der Waals surface area contributed by atoms with Gasteiger partial charge in [0.2, 0.25) is 5.91 Å². The van der Waals surface area contributed by atoms with E-state index in [0.29, 0.717) is 28.7 Å². The van der Waals surface area contributed by atoms with Crippen LogP contribution >= 0.6 is 0 Å². The number of carboxylic acid groups (broad SMARTS) is 1. The van der Waals surface area contributed by atoms with Gasteiger partial charge in [0.25, 0.3) is 0 Å². The molecule has 218 valence electrons. The van der Waals surface area contributed by atoms with Crippen molar-refractivity contribution in [2.45, 2.75) is 71.6 Å². The van der Waals surface area contributed by atoms with E-state index in [-0.39, 0.29) is 37.1 Å². The Kier molecular flexibility index (Phi) is 7.81. The van der Waals surface area contributed by atoms with Crippen LogP contribution in [0.15, 0.2) is 42.0 Å². The van der Waals surface area contributed by atoms with E-state index in [0.717, 1.165) is 57.3 Å². The number of carbonyl (C=O) groups excluding carboxylic acids is 1. The van der Waals surface area contributed by atoms with Crippen molar-refractivity contribution in [2.24, 2.45) is 29.1 Å². The molecule has 2 aliphatic heterocycles. The zero-order valence-electron chi connectivity index (χ0n) is 23.4. The molecule has 2 fully saturated rings. The second-order valence-corrected chi connectivity index (χ2v) is 12.5. The maximum absolute atomic E-state index is 14.0. The summed E-state index contributed by atoms with van der Waals surface area (Å²) in [6.45, 7) is 8.36. The fourth-order valence-electron chi connectivity index (χ4n) is 7.50. The molecule has 0 bridgehead atoms. The van der Waals surface area contributed by atoms with Gasteiger partial charge < -0.3 is 19.6 Å². The highest BCUT2D eigenvalue weighted by Gasteiger charge is 2.51. The van der Waals surface area contributed by atoms with Crippen molar-refractivity contribution in [1.29, 1.82) is 0 Å². The van der Waals surface area contributed by atoms with Crippen LogP contribution in [-0.4, -0.2) is 52.6 Å². The van der Waals surface area contributed by atoms with Crippen molar-refractivity contribution in [1.82, 2.24) is 9.80 Å². The number of nitrogens with zero attached hydrogens (tertiary/aromatic N) is 2. The van der Waals surface area contributed by atoms with Gasteiger partial charge >= 0.3 is 12.1 Å². The van der Waals surface area contributed by atoms with Crippen LogP contribution in [0.4, 0.5) is 13.2 Å². The van der Waals surface area contributed by atoms with Gasteiger partial charge in [0.1, 0.15) is 5.75 Å². The third-order valence-electron chi connectivity index (χ3n) is 9.88. The van der Waals surface area contributed by atoms with Crippen LogP contribution in [0.25, 0.3) is 0 Å². The molecule has 1 saturated heterocycles. The number of aliphatic carboxylic acids is 1. The lowest BCUT2D eigenvalue weighted by Crippen LogP contribution is -2.50. The van der Waals surface area contributed by atoms with Crippen LogP contribution in [0.1, 0.15) is 64.0 Å². The molecule has 5 rings (SSSR count). The van der Waals surface area contributed by atoms with E-state index in [1.807, 2.05) is 12.2 Å². The maximum Gasteiger partial charge on any atom is 0.416 e. The highest BCUT2D eigenvalue weighted by Crippen LogP contribution is 2.49. The van der Waals surface area contributed by atoms with Gasteiger partial charge in [0.05, 0.1) is 23.1 Å². The van der Waals surface area contributed by atoms with E-state index >= 15 is 0 Å². The van der Waals surface area contributed by atoms with Gasteiger partial charge in [0, 0.05) is 18.2 Å². The molecular weight excluding hydrogens is 521 g/mol. The van der Waals surface area contributed by atoms with Crippen molar-refractivity contribution >= 4 is 11.9 Å². The normalized spacial score (nSPS) is 31.1. The molecule has 1 N–H and O–H groups in total. The number of fused-ring (bicyclic) bond motifs is 1. The summed E-state index contributed by atoms with van der Waals surface area (Å²) in [5, 5.41) is 9.42. The van der Waals surface area contributed by atoms with Gasteiger partial charge in [-0.2, -0.15) is 13.2 Å². The molecule has 2 unspecified atom stereocenters. The number of rotatable bonds is 5. The summed E-state index contributed by atoms with van der Waals surface area (Å²) in [5.41, 5.74) is -0.557. The predicted octanol–water partition coefficient (Wildman–Crippen LogP) is 6.12. The zero-order chi connectivity index (χ0) is 28.8. The number of carbonyl (C=O) groups is 2. The number of likely N-dealkylation sites (tertiary alicyclic amines) is 1. The van der Waals surface area contributed by atoms with Crippen LogP contribution in [0.2, 0.25) is 0 Å². The van der Waals surface area contributed by atoms with Gasteiger partial charge in [-0.25, -0.2) is 4.79 Å². The van der Waals surface area contributed by atoms with E-state index in [1.165, 1.54) is 6.07 Å². The Morgan fingerprint density at radius 2 is 1.98 bits per heavy atom. The van der Waals surface area contributed by atoms with Gasteiger partial charge in [-0.15, -0.1) is 0 Å². The van der Waals surface area contributed by atoms with Crippen molar-refractivity contribution in [3.05, 3.63) is 53.1 Å². The van der Waals surface area contributed by atoms with E-state index in [2.05, 4.69) is 25.7 Å². The highest BCUT2D eigenvalue weighted by molar-refractivity contribution is 5.90. The predicted molar refractivity (Wildman–Crippen MR) is 144 cm³/mol. The molecule has 0 radical (unpaired) electrons. The van der Waals surface area contributed by atoms with Gasteiger partial charge in [0.15, 0.2) is 6.73 Å². The summed E-state index contributed by atoms with van der Waals surface area (Å²) < 4.78 is 45.6. The van der Waals surface area contributed by atoms with E-state index in [9.17, 15) is 27.9 Å². The lowest BCUT2D eigenvalue weighted by atomic mass is 9.73. The van der Waals surface area contributed by atoms with Crippen LogP contribution in [0.3, 0.4) is 0 Å². The molecule has 40 heavy (non-hydrogen) atoms. The van der Waals surface area contributed by atoms with Crippen molar-refractivity contribution < 1.29 is 32.6 Å². The molecule has 1 amide bonds. The third-order valence-corrected chi connectivity index (χ3v) is 9.88. The molecule has 1 saturated carbocycles. The van der Waals surface area contributed by atoms with E-state index in [4.69, 9.17) is 4.74 Å². The van der Waals surface area contributed by atoms with Crippen molar-refractivity contribution in [3.63, 3.8) is 0 Å². The van der Waals surface area contributed by atoms with Gasteiger partial charge in [-0.3, -0.25) is 4.79 Å². The summed E-state index contributed by atoms with van der Waals surface area (Å²) in [6.07, 6.45) is 5.36. The number of hydrogen-bond donors (Lipinski definition) is 1. The SMILES string of the molecule is CC1CN([C@@H]2CC[C@@](C(=O)N3COc4ccc(C(F)(F)F)cc4C3)(C(C)C)C2)CC[C@@H]1C1C=C(C(=O)O)C=CC1. The molecule has 0 spiro atoms. The number of piperidine rings is 1. The lowest BCUT2D eigenvalue weighted by molar-refractivity contribution is -0.150. The molecule has 6 nitrogen and oxygen atoms in total. The molecule has 1 aromatic carbocycles. The Bertz CT molecular complexity index is 1210. The number of carboxylic acids is 1. The highest BCUT2D eigenvalue weighted by atomic mass is 19.4. The Morgan fingerprint density at radius 1 is 1.20 bits per heavy atom. The summed E-state index contributed by atoms with van der Waals surface area (Å²) in [7, 11) is 0. The number of amides is 1. The monoisotopic (exact) mass is 560 g/mol. The largest absolute Gasteiger partial charge is 0.478 e. The zero-order valence-corrected chi connectivity index (χ0v) is 23.4. The molecule has 1 aromatic rings. The number of allylic oxidation sites excluding steroid dienone is 2. The first-order chi connectivity index (χ1) is 18.9. The summed E-state index contributed by atoms with van der Waals surface area (Å²) in [4.78, 5) is 29.6. The van der Waals surface area contributed by atoms with Gasteiger partial charge in [-0.05, 0) is 80.5 Å². The minimum absolute atomic E-state index is 0.0312. The molecular formula is C31H39F3N2O4. The second-order valence-electron chi connectivity index (χ2n) is 12.5. The molecule has 9 heteroatoms. The summed E-state index contributed by atoms with van der Waals surface area (Å²) >= 11 is 0. The molecule has 2 aliphatic carbocycles. The van der Waals surface area contributed by atoms with E-state index < -0.39 is 23.1 Å². The van der Waals surface area contributed by atoms with Gasteiger partial charge in [-0.1, -0.05) is 39.0 Å². The molecule has 4 aliphatic rings. The minimum atomic E-state index is -4.45. The fourth-order valence-corrected chi connectivity index (χ4v) is 7.50. The minimum Gasteiger partial charge on any atom is -0.478 e. The maximum atomic E-state index is 14.0. The smallest absolute Gasteiger partial charge is 0.416 e. The molecule has 5 atom stereocenters. The van der Waals surface area contributed by atoms with Crippen molar-refractivity contribution in [3.8, 4) is 5.75 Å². The first-order valence-electron chi connectivity index (χ1n) is 14.4. The number of benzene rings is 1. The standard InChI is InChI=1S/C31H39F3N2O4/c1-19(2)30(29(39)36-17-23-14-24(31(32,33)34)7-8-27(23)40-18-36)11-9-25(15-30)35-12-10-26(20(3)16-35)21-5-4-6-22(13-21)28(37)38/h4,6-8,13-14,19-21,25-26H,5,9-12,15-18H2,1-3H3,(H,37,38)/t20?,21?,25-,26+,30+/m1/s1. The lowest BCUT2D eigenvalue weighted by Gasteiger charge is -2.44. The fraction of sp³-hybridized carbons (Fsp3) is 0.613. The summed E-state index contributed by atoms with van der Waals surface area (Å²) in [6, 6.07) is 3.72. The number of hydrogen-bond acceptors (Lipinski definition) is 4. The Morgan fingerprint density at radius 3 is 2.65 bits per heavy atom. The van der Waals surface area contributed by atoms with Crippen LogP contribution in [0.5, 0.6) is 5.75 Å². The summed E-state index contributed by atoms with van der Waals surface area (Å²) in [5.74, 6) is 0.614. The molecule has 0 aromatic heterocycles. The van der Waals surface area contributed by atoms with E-state index in [1.54, 1.807) is 11.0 Å².